The predicted octanol–water partition coefficient (Wildman–Crippen LogP) is 3.01. The smallest absolute Gasteiger partial charge is 0.160 e. The first-order valence-electron chi connectivity index (χ1n) is 7.09. The Kier molecular flexibility index (Phi) is 3.97. The van der Waals surface area contributed by atoms with Gasteiger partial charge in [0.1, 0.15) is 5.75 Å². The SMILES string of the molecule is COc1cc(CNC2CCOc3ccccc32)ccc1O. The fourth-order valence-electron chi connectivity index (χ4n) is 2.63. The van der Waals surface area contributed by atoms with E-state index >= 15 is 0 Å². The van der Waals surface area contributed by atoms with E-state index in [1.54, 1.807) is 13.2 Å². The summed E-state index contributed by atoms with van der Waals surface area (Å²) in [4.78, 5) is 0. The Morgan fingerprint density at radius 3 is 3.00 bits per heavy atom. The maximum atomic E-state index is 9.62. The molecule has 0 amide bonds. The summed E-state index contributed by atoms with van der Waals surface area (Å²) in [6.45, 7) is 1.45. The van der Waals surface area contributed by atoms with Crippen LogP contribution in [-0.2, 0) is 6.54 Å². The highest BCUT2D eigenvalue weighted by Crippen LogP contribution is 2.32. The van der Waals surface area contributed by atoms with Gasteiger partial charge >= 0.3 is 0 Å². The highest BCUT2D eigenvalue weighted by molar-refractivity contribution is 5.42. The molecule has 1 unspecified atom stereocenters. The fourth-order valence-corrected chi connectivity index (χ4v) is 2.63. The van der Waals surface area contributed by atoms with E-state index < -0.39 is 0 Å². The van der Waals surface area contributed by atoms with E-state index in [0.29, 0.717) is 5.75 Å². The van der Waals surface area contributed by atoms with Gasteiger partial charge in [-0.05, 0) is 23.8 Å². The summed E-state index contributed by atoms with van der Waals surface area (Å²) < 4.78 is 10.8. The number of benzene rings is 2. The standard InChI is InChI=1S/C17H19NO3/c1-20-17-10-12(6-7-15(17)19)11-18-14-8-9-21-16-5-3-2-4-13(14)16/h2-7,10,14,18-19H,8-9,11H2,1H3. The van der Waals surface area contributed by atoms with Crippen molar-refractivity contribution in [3.05, 3.63) is 53.6 Å². The molecule has 21 heavy (non-hydrogen) atoms. The molecule has 0 fully saturated rings. The summed E-state index contributed by atoms with van der Waals surface area (Å²) in [6.07, 6.45) is 0.951. The van der Waals surface area contributed by atoms with Crippen molar-refractivity contribution in [1.29, 1.82) is 0 Å². The first-order chi connectivity index (χ1) is 10.3. The molecule has 0 saturated carbocycles. The molecule has 1 aliphatic heterocycles. The van der Waals surface area contributed by atoms with Gasteiger partial charge in [-0.1, -0.05) is 24.3 Å². The molecule has 0 spiro atoms. The summed E-state index contributed by atoms with van der Waals surface area (Å²) in [7, 11) is 1.56. The Bertz CT molecular complexity index is 627. The molecule has 0 aliphatic carbocycles. The summed E-state index contributed by atoms with van der Waals surface area (Å²) in [5.41, 5.74) is 2.28. The number of aromatic hydroxyl groups is 1. The molecule has 1 atom stereocenters. The fraction of sp³-hybridized carbons (Fsp3) is 0.294. The lowest BCUT2D eigenvalue weighted by molar-refractivity contribution is 0.252. The maximum absolute atomic E-state index is 9.62. The molecule has 0 bridgehead atoms. The minimum atomic E-state index is 0.165. The molecule has 4 nitrogen and oxygen atoms in total. The molecule has 110 valence electrons. The van der Waals surface area contributed by atoms with Crippen LogP contribution in [0.2, 0.25) is 0 Å². The highest BCUT2D eigenvalue weighted by Gasteiger charge is 2.20. The molecule has 0 saturated heterocycles. The van der Waals surface area contributed by atoms with Gasteiger partial charge in [-0.3, -0.25) is 0 Å². The van der Waals surface area contributed by atoms with Crippen LogP contribution in [0.15, 0.2) is 42.5 Å². The molecule has 3 rings (SSSR count). The maximum Gasteiger partial charge on any atom is 0.160 e. The molecule has 1 aliphatic rings. The quantitative estimate of drug-likeness (QED) is 0.906. The lowest BCUT2D eigenvalue weighted by Gasteiger charge is -2.26. The second-order valence-electron chi connectivity index (χ2n) is 5.11. The van der Waals surface area contributed by atoms with Gasteiger partial charge in [-0.15, -0.1) is 0 Å². The van der Waals surface area contributed by atoms with Crippen molar-refractivity contribution in [2.45, 2.75) is 19.0 Å². The number of fused-ring (bicyclic) bond motifs is 1. The molecule has 4 heteroatoms. The average Bonchev–Trinajstić information content (AvgIpc) is 2.54. The van der Waals surface area contributed by atoms with E-state index in [2.05, 4.69) is 11.4 Å². The zero-order valence-corrected chi connectivity index (χ0v) is 12.0. The van der Waals surface area contributed by atoms with Gasteiger partial charge in [-0.25, -0.2) is 0 Å². The van der Waals surface area contributed by atoms with Crippen LogP contribution in [0.1, 0.15) is 23.6 Å². The van der Waals surface area contributed by atoms with Crippen LogP contribution in [0, 0.1) is 0 Å². The van der Waals surface area contributed by atoms with Crippen molar-refractivity contribution < 1.29 is 14.6 Å². The predicted molar refractivity (Wildman–Crippen MR) is 80.8 cm³/mol. The van der Waals surface area contributed by atoms with Gasteiger partial charge in [-0.2, -0.15) is 0 Å². The van der Waals surface area contributed by atoms with Gasteiger partial charge in [0.15, 0.2) is 11.5 Å². The van der Waals surface area contributed by atoms with E-state index in [-0.39, 0.29) is 11.8 Å². The van der Waals surface area contributed by atoms with Crippen LogP contribution >= 0.6 is 0 Å². The number of phenols is 1. The molecule has 0 radical (unpaired) electrons. The van der Waals surface area contributed by atoms with Gasteiger partial charge < -0.3 is 19.9 Å². The minimum absolute atomic E-state index is 0.165. The number of para-hydroxylation sites is 1. The third kappa shape index (κ3) is 2.95. The molecule has 1 heterocycles. The van der Waals surface area contributed by atoms with Crippen LogP contribution in [0.5, 0.6) is 17.2 Å². The second-order valence-corrected chi connectivity index (χ2v) is 5.11. The molecule has 2 aromatic carbocycles. The average molecular weight is 285 g/mol. The zero-order valence-electron chi connectivity index (χ0n) is 12.0. The van der Waals surface area contributed by atoms with Crippen LogP contribution < -0.4 is 14.8 Å². The topological polar surface area (TPSA) is 50.7 Å². The molecule has 2 aromatic rings. The minimum Gasteiger partial charge on any atom is -0.504 e. The Labute approximate surface area is 124 Å². The van der Waals surface area contributed by atoms with Crippen molar-refractivity contribution in [2.75, 3.05) is 13.7 Å². The monoisotopic (exact) mass is 285 g/mol. The van der Waals surface area contributed by atoms with Crippen molar-refractivity contribution in [3.8, 4) is 17.2 Å². The van der Waals surface area contributed by atoms with Crippen molar-refractivity contribution in [1.82, 2.24) is 5.32 Å². The van der Waals surface area contributed by atoms with Crippen LogP contribution in [-0.4, -0.2) is 18.8 Å². The van der Waals surface area contributed by atoms with Crippen molar-refractivity contribution >= 4 is 0 Å². The Morgan fingerprint density at radius 2 is 2.14 bits per heavy atom. The lowest BCUT2D eigenvalue weighted by Crippen LogP contribution is -2.26. The summed E-state index contributed by atoms with van der Waals surface area (Å²) in [6, 6.07) is 13.8. The first kappa shape index (κ1) is 13.8. The van der Waals surface area contributed by atoms with Crippen molar-refractivity contribution in [3.63, 3.8) is 0 Å². The van der Waals surface area contributed by atoms with Gasteiger partial charge in [0.05, 0.1) is 13.7 Å². The number of hydrogen-bond donors (Lipinski definition) is 2. The Hall–Kier alpha value is -2.20. The number of ether oxygens (including phenoxy) is 2. The third-order valence-corrected chi connectivity index (χ3v) is 3.76. The number of nitrogens with one attached hydrogen (secondary N) is 1. The van der Waals surface area contributed by atoms with Crippen LogP contribution in [0.4, 0.5) is 0 Å². The van der Waals surface area contributed by atoms with Crippen molar-refractivity contribution in [2.24, 2.45) is 0 Å². The van der Waals surface area contributed by atoms with E-state index in [1.165, 1.54) is 5.56 Å². The number of rotatable bonds is 4. The second kappa shape index (κ2) is 6.06. The Morgan fingerprint density at radius 1 is 1.29 bits per heavy atom. The normalized spacial score (nSPS) is 16.9. The number of methoxy groups -OCH3 is 1. The molecule has 2 N–H and O–H groups in total. The summed E-state index contributed by atoms with van der Waals surface area (Å²) in [5, 5.41) is 13.2. The zero-order chi connectivity index (χ0) is 14.7. The van der Waals surface area contributed by atoms with E-state index in [0.717, 1.165) is 30.9 Å². The number of hydrogen-bond acceptors (Lipinski definition) is 4. The Balaban J connectivity index is 1.71. The highest BCUT2D eigenvalue weighted by atomic mass is 16.5. The van der Waals surface area contributed by atoms with E-state index in [4.69, 9.17) is 9.47 Å². The van der Waals surface area contributed by atoms with Crippen LogP contribution in [0.3, 0.4) is 0 Å². The largest absolute Gasteiger partial charge is 0.504 e. The lowest BCUT2D eigenvalue weighted by atomic mass is 10.0. The first-order valence-corrected chi connectivity index (χ1v) is 7.09. The van der Waals surface area contributed by atoms with Gasteiger partial charge in [0, 0.05) is 24.6 Å². The van der Waals surface area contributed by atoms with E-state index in [9.17, 15) is 5.11 Å². The molecular formula is C17H19NO3. The number of phenolic OH excluding ortho intramolecular Hbond substituents is 1. The van der Waals surface area contributed by atoms with E-state index in [1.807, 2.05) is 30.3 Å². The van der Waals surface area contributed by atoms with Crippen LogP contribution in [0.25, 0.3) is 0 Å². The summed E-state index contributed by atoms with van der Waals surface area (Å²) in [5.74, 6) is 1.63. The third-order valence-electron chi connectivity index (χ3n) is 3.76. The van der Waals surface area contributed by atoms with Gasteiger partial charge in [0.25, 0.3) is 0 Å². The molecule has 0 aromatic heterocycles. The van der Waals surface area contributed by atoms with Gasteiger partial charge in [0.2, 0.25) is 0 Å². The summed E-state index contributed by atoms with van der Waals surface area (Å²) >= 11 is 0. The molecular weight excluding hydrogens is 266 g/mol.